The molecule has 0 aliphatic carbocycles. The first-order valence-electron chi connectivity index (χ1n) is 8.71. The second kappa shape index (κ2) is 8.35. The van der Waals surface area contributed by atoms with Gasteiger partial charge in [-0.3, -0.25) is 14.4 Å². The Bertz CT molecular complexity index is 1030. The quantitative estimate of drug-likeness (QED) is 0.669. The largest absolute Gasteiger partial charge is 0.483 e. The third-order valence-corrected chi connectivity index (χ3v) is 4.23. The van der Waals surface area contributed by atoms with Gasteiger partial charge in [0, 0.05) is 25.3 Å². The van der Waals surface area contributed by atoms with Crippen molar-refractivity contribution in [1.29, 1.82) is 0 Å². The van der Waals surface area contributed by atoms with Crippen molar-refractivity contribution in [1.82, 2.24) is 4.90 Å². The molecule has 28 heavy (non-hydrogen) atoms. The zero-order valence-electron chi connectivity index (χ0n) is 15.6. The summed E-state index contributed by atoms with van der Waals surface area (Å²) in [6.07, 6.45) is 0.732. The molecule has 0 aliphatic rings. The van der Waals surface area contributed by atoms with Crippen molar-refractivity contribution in [3.05, 3.63) is 71.8 Å². The van der Waals surface area contributed by atoms with Crippen LogP contribution in [-0.4, -0.2) is 43.7 Å². The lowest BCUT2D eigenvalue weighted by Crippen LogP contribution is -2.22. The zero-order valence-corrected chi connectivity index (χ0v) is 15.6. The maximum absolute atomic E-state index is 12.2. The molecule has 0 heterocycles. The van der Waals surface area contributed by atoms with Crippen molar-refractivity contribution in [2.24, 2.45) is 0 Å². The highest BCUT2D eigenvalue weighted by atomic mass is 16.5. The number of nitrogens with one attached hydrogen (secondary N) is 1. The third-order valence-electron chi connectivity index (χ3n) is 4.23. The summed E-state index contributed by atoms with van der Waals surface area (Å²) in [6, 6.07) is 17.6. The highest BCUT2D eigenvalue weighted by molar-refractivity contribution is 6.01. The number of amides is 2. The second-order valence-corrected chi connectivity index (χ2v) is 6.43. The van der Waals surface area contributed by atoms with Crippen LogP contribution in [0.3, 0.4) is 0 Å². The molecule has 0 saturated heterocycles. The van der Waals surface area contributed by atoms with Crippen molar-refractivity contribution in [3.8, 4) is 5.75 Å². The van der Waals surface area contributed by atoms with E-state index in [-0.39, 0.29) is 18.4 Å². The van der Waals surface area contributed by atoms with Gasteiger partial charge in [0.1, 0.15) is 5.75 Å². The molecule has 3 aromatic carbocycles. The van der Waals surface area contributed by atoms with Gasteiger partial charge in [-0.15, -0.1) is 0 Å². The molecule has 142 valence electrons. The maximum atomic E-state index is 12.2. The van der Waals surface area contributed by atoms with Gasteiger partial charge >= 0.3 is 0 Å². The molecule has 0 spiro atoms. The minimum Gasteiger partial charge on any atom is -0.483 e. The van der Waals surface area contributed by atoms with Crippen LogP contribution in [0, 0.1) is 0 Å². The van der Waals surface area contributed by atoms with Crippen LogP contribution < -0.4 is 10.1 Å². The number of ether oxygens (including phenoxy) is 1. The Morgan fingerprint density at radius 3 is 2.39 bits per heavy atom. The van der Waals surface area contributed by atoms with E-state index in [1.54, 1.807) is 44.4 Å². The van der Waals surface area contributed by atoms with Crippen LogP contribution in [0.4, 0.5) is 5.69 Å². The number of carbonyl (C=O) groups is 3. The highest BCUT2D eigenvalue weighted by Gasteiger charge is 2.11. The number of nitrogens with zero attached hydrogens (tertiary/aromatic N) is 1. The number of hydrogen-bond acceptors (Lipinski definition) is 4. The van der Waals surface area contributed by atoms with E-state index in [0.29, 0.717) is 22.6 Å². The van der Waals surface area contributed by atoms with E-state index in [0.717, 1.165) is 17.1 Å². The fourth-order valence-corrected chi connectivity index (χ4v) is 2.82. The van der Waals surface area contributed by atoms with Gasteiger partial charge in [0.05, 0.1) is 5.56 Å². The van der Waals surface area contributed by atoms with Gasteiger partial charge < -0.3 is 15.0 Å². The van der Waals surface area contributed by atoms with Crippen LogP contribution in [0.5, 0.6) is 5.75 Å². The van der Waals surface area contributed by atoms with Crippen LogP contribution in [0.15, 0.2) is 60.7 Å². The van der Waals surface area contributed by atoms with Gasteiger partial charge in [-0.2, -0.15) is 0 Å². The van der Waals surface area contributed by atoms with Crippen LogP contribution in [-0.2, 0) is 4.79 Å². The van der Waals surface area contributed by atoms with Crippen molar-refractivity contribution < 1.29 is 19.1 Å². The van der Waals surface area contributed by atoms with Gasteiger partial charge in [0.25, 0.3) is 11.8 Å². The van der Waals surface area contributed by atoms with Crippen LogP contribution in [0.25, 0.3) is 10.8 Å². The monoisotopic (exact) mass is 376 g/mol. The van der Waals surface area contributed by atoms with E-state index in [1.807, 2.05) is 30.3 Å². The molecule has 0 aromatic heterocycles. The number of fused-ring (bicyclic) bond motifs is 1. The molecular formula is C22H20N2O4. The topological polar surface area (TPSA) is 75.7 Å². The molecule has 1 N–H and O–H groups in total. The summed E-state index contributed by atoms with van der Waals surface area (Å²) in [6.45, 7) is -0.239. The second-order valence-electron chi connectivity index (χ2n) is 6.43. The first-order chi connectivity index (χ1) is 13.5. The third kappa shape index (κ3) is 4.17. The van der Waals surface area contributed by atoms with Gasteiger partial charge in [0.15, 0.2) is 12.9 Å². The molecule has 3 rings (SSSR count). The standard InChI is InChI=1S/C22H20N2O4/c1-24(2)22(27)16-7-10-17(11-8-16)23-21(26)14-28-20-12-9-15-5-3-4-6-18(15)19(20)13-25/h3-13H,14H2,1-2H3,(H,23,26). The van der Waals surface area contributed by atoms with E-state index < -0.39 is 0 Å². The molecule has 3 aromatic rings. The van der Waals surface area contributed by atoms with E-state index in [2.05, 4.69) is 5.32 Å². The van der Waals surface area contributed by atoms with E-state index in [4.69, 9.17) is 4.74 Å². The molecule has 6 nitrogen and oxygen atoms in total. The number of hydrogen-bond donors (Lipinski definition) is 1. The summed E-state index contributed by atoms with van der Waals surface area (Å²) in [4.78, 5) is 37.0. The van der Waals surface area contributed by atoms with Crippen LogP contribution in [0.2, 0.25) is 0 Å². The van der Waals surface area contributed by atoms with Gasteiger partial charge in [-0.05, 0) is 41.1 Å². The predicted octanol–water partition coefficient (Wildman–Crippen LogP) is 3.37. The van der Waals surface area contributed by atoms with E-state index in [1.165, 1.54) is 4.90 Å². The molecule has 0 saturated carbocycles. The fraction of sp³-hybridized carbons (Fsp3) is 0.136. The highest BCUT2D eigenvalue weighted by Crippen LogP contribution is 2.26. The lowest BCUT2D eigenvalue weighted by Gasteiger charge is -2.12. The molecule has 0 aliphatic heterocycles. The Hall–Kier alpha value is -3.67. The molecule has 2 amide bonds. The molecule has 0 unspecified atom stereocenters. The minimum atomic E-state index is -0.364. The number of rotatable bonds is 6. The lowest BCUT2D eigenvalue weighted by molar-refractivity contribution is -0.118. The average molecular weight is 376 g/mol. The first kappa shape index (κ1) is 19.1. The normalized spacial score (nSPS) is 10.4. The number of anilines is 1. The molecule has 0 fully saturated rings. The number of aldehydes is 1. The van der Waals surface area contributed by atoms with Crippen LogP contribution >= 0.6 is 0 Å². The van der Waals surface area contributed by atoms with E-state index >= 15 is 0 Å². The summed E-state index contributed by atoms with van der Waals surface area (Å²) < 4.78 is 5.56. The zero-order chi connectivity index (χ0) is 20.1. The van der Waals surface area contributed by atoms with Gasteiger partial charge in [-0.25, -0.2) is 0 Å². The summed E-state index contributed by atoms with van der Waals surface area (Å²) in [5.74, 6) is -0.119. The van der Waals surface area contributed by atoms with Crippen molar-refractivity contribution in [2.45, 2.75) is 0 Å². The molecule has 0 radical (unpaired) electrons. The molecule has 0 bridgehead atoms. The Morgan fingerprint density at radius 1 is 1.00 bits per heavy atom. The number of carbonyl (C=O) groups excluding carboxylic acids is 3. The Balaban J connectivity index is 1.65. The van der Waals surface area contributed by atoms with Crippen molar-refractivity contribution in [3.63, 3.8) is 0 Å². The first-order valence-corrected chi connectivity index (χ1v) is 8.71. The molecular weight excluding hydrogens is 356 g/mol. The van der Waals surface area contributed by atoms with E-state index in [9.17, 15) is 14.4 Å². The summed E-state index contributed by atoms with van der Waals surface area (Å²) in [5.41, 5.74) is 1.50. The molecule has 6 heteroatoms. The number of benzene rings is 3. The predicted molar refractivity (Wildman–Crippen MR) is 108 cm³/mol. The van der Waals surface area contributed by atoms with Gasteiger partial charge in [-0.1, -0.05) is 30.3 Å². The van der Waals surface area contributed by atoms with Crippen molar-refractivity contribution >= 4 is 34.6 Å². The average Bonchev–Trinajstić information content (AvgIpc) is 2.71. The Kier molecular flexibility index (Phi) is 5.69. The van der Waals surface area contributed by atoms with Crippen molar-refractivity contribution in [2.75, 3.05) is 26.0 Å². The summed E-state index contributed by atoms with van der Waals surface area (Å²) in [5, 5.41) is 4.40. The smallest absolute Gasteiger partial charge is 0.262 e. The SMILES string of the molecule is CN(C)C(=O)c1ccc(NC(=O)COc2ccc3ccccc3c2C=O)cc1. The maximum Gasteiger partial charge on any atom is 0.262 e. The Labute approximate surface area is 162 Å². The Morgan fingerprint density at radius 2 is 1.71 bits per heavy atom. The van der Waals surface area contributed by atoms with Gasteiger partial charge in [0.2, 0.25) is 0 Å². The lowest BCUT2D eigenvalue weighted by atomic mass is 10.0. The summed E-state index contributed by atoms with van der Waals surface area (Å²) >= 11 is 0. The fourth-order valence-electron chi connectivity index (χ4n) is 2.82. The minimum absolute atomic E-state index is 0.112. The van der Waals surface area contributed by atoms with Crippen LogP contribution in [0.1, 0.15) is 20.7 Å². The summed E-state index contributed by atoms with van der Waals surface area (Å²) in [7, 11) is 3.35. The molecule has 0 atom stereocenters.